The maximum Gasteiger partial charge on any atom is 0.139 e. The summed E-state index contributed by atoms with van der Waals surface area (Å²) in [5.41, 5.74) is 10.5. The Labute approximate surface area is 190 Å². The van der Waals surface area contributed by atoms with Gasteiger partial charge in [-0.3, -0.25) is 4.98 Å². The minimum Gasteiger partial charge on any atom is -0.361 e. The summed E-state index contributed by atoms with van der Waals surface area (Å²) >= 11 is 0. The van der Waals surface area contributed by atoms with E-state index in [0.29, 0.717) is 0 Å². The van der Waals surface area contributed by atoms with Crippen LogP contribution in [0.25, 0.3) is 44.5 Å². The van der Waals surface area contributed by atoms with Crippen LogP contribution < -0.4 is 5.32 Å². The number of nitrogens with zero attached hydrogens (tertiary/aromatic N) is 2. The van der Waals surface area contributed by atoms with Crippen molar-refractivity contribution in [3.05, 3.63) is 108 Å². The van der Waals surface area contributed by atoms with E-state index in [0.717, 1.165) is 29.0 Å². The van der Waals surface area contributed by atoms with E-state index in [9.17, 15) is 0 Å². The van der Waals surface area contributed by atoms with Crippen molar-refractivity contribution in [1.29, 1.82) is 0 Å². The quantitative estimate of drug-likeness (QED) is 0.325. The number of nitrogens with one attached hydrogen (secondary N) is 3. The monoisotopic (exact) mass is 427 g/mol. The highest BCUT2D eigenvalue weighted by Gasteiger charge is 2.30. The smallest absolute Gasteiger partial charge is 0.139 e. The van der Waals surface area contributed by atoms with Gasteiger partial charge in [0.2, 0.25) is 0 Å². The molecule has 0 bridgehead atoms. The Kier molecular flexibility index (Phi) is 3.98. The first-order valence-corrected chi connectivity index (χ1v) is 11.2. The third kappa shape index (κ3) is 2.90. The highest BCUT2D eigenvalue weighted by atomic mass is 14.9. The molecule has 1 aliphatic carbocycles. The Balaban J connectivity index is 1.31. The number of pyridine rings is 1. The number of aromatic amines is 2. The van der Waals surface area contributed by atoms with Crippen molar-refractivity contribution in [3.63, 3.8) is 0 Å². The SMILES string of the molecule is c1ccc2c(c1)-c1c(-c3nc4ccncc4[nH]3)cccc1[C@@H]2NCc1ccc2cc[nH]c2c1. The molecule has 0 fully saturated rings. The van der Waals surface area contributed by atoms with Gasteiger partial charge >= 0.3 is 0 Å². The molecule has 5 nitrogen and oxygen atoms in total. The lowest BCUT2D eigenvalue weighted by Crippen LogP contribution is -2.20. The van der Waals surface area contributed by atoms with Crippen LogP contribution in [0, 0.1) is 0 Å². The molecule has 0 aliphatic heterocycles. The van der Waals surface area contributed by atoms with Gasteiger partial charge in [-0.25, -0.2) is 4.98 Å². The van der Waals surface area contributed by atoms with Gasteiger partial charge in [0.25, 0.3) is 0 Å². The fourth-order valence-corrected chi connectivity index (χ4v) is 5.08. The molecule has 0 unspecified atom stereocenters. The number of imidazole rings is 1. The maximum atomic E-state index is 4.86. The number of aromatic nitrogens is 4. The van der Waals surface area contributed by atoms with Crippen LogP contribution in [-0.2, 0) is 6.54 Å². The van der Waals surface area contributed by atoms with Crippen LogP contribution in [0.4, 0.5) is 0 Å². The molecule has 3 aromatic carbocycles. The highest BCUT2D eigenvalue weighted by molar-refractivity contribution is 5.91. The molecule has 0 amide bonds. The van der Waals surface area contributed by atoms with Gasteiger partial charge in [0.05, 0.1) is 23.3 Å². The van der Waals surface area contributed by atoms with Gasteiger partial charge in [-0.1, -0.05) is 54.6 Å². The molecule has 3 aromatic heterocycles. The number of hydrogen-bond acceptors (Lipinski definition) is 3. The van der Waals surface area contributed by atoms with Crippen LogP contribution in [-0.4, -0.2) is 19.9 Å². The van der Waals surface area contributed by atoms with E-state index in [1.54, 1.807) is 6.20 Å². The first-order chi connectivity index (χ1) is 16.3. The highest BCUT2D eigenvalue weighted by Crippen LogP contribution is 2.47. The molecule has 0 saturated carbocycles. The van der Waals surface area contributed by atoms with E-state index in [2.05, 4.69) is 87.0 Å². The predicted octanol–water partition coefficient (Wildman–Crippen LogP) is 5.97. The van der Waals surface area contributed by atoms with Crippen molar-refractivity contribution in [2.45, 2.75) is 12.6 Å². The summed E-state index contributed by atoms with van der Waals surface area (Å²) in [6.45, 7) is 0.786. The zero-order chi connectivity index (χ0) is 21.8. The Morgan fingerprint density at radius 1 is 0.848 bits per heavy atom. The normalized spacial score (nSPS) is 14.6. The van der Waals surface area contributed by atoms with E-state index in [-0.39, 0.29) is 6.04 Å². The second kappa shape index (κ2) is 7.15. The topological polar surface area (TPSA) is 69.4 Å². The molecule has 158 valence electrons. The van der Waals surface area contributed by atoms with Crippen molar-refractivity contribution >= 4 is 21.9 Å². The predicted molar refractivity (Wildman–Crippen MR) is 132 cm³/mol. The second-order valence-corrected chi connectivity index (χ2v) is 8.55. The van der Waals surface area contributed by atoms with Crippen LogP contribution in [0.15, 0.2) is 91.4 Å². The van der Waals surface area contributed by atoms with Crippen molar-refractivity contribution in [2.24, 2.45) is 0 Å². The molecule has 5 heteroatoms. The number of hydrogen-bond donors (Lipinski definition) is 3. The molecule has 1 atom stereocenters. The number of rotatable bonds is 4. The fourth-order valence-electron chi connectivity index (χ4n) is 5.08. The molecule has 1 aliphatic rings. The van der Waals surface area contributed by atoms with Crippen LogP contribution in [0.5, 0.6) is 0 Å². The number of H-pyrrole nitrogens is 2. The zero-order valence-corrected chi connectivity index (χ0v) is 17.8. The molecule has 7 rings (SSSR count). The summed E-state index contributed by atoms with van der Waals surface area (Å²) in [6.07, 6.45) is 5.59. The average molecular weight is 428 g/mol. The molecular weight excluding hydrogens is 406 g/mol. The Hall–Kier alpha value is -4.22. The molecule has 3 N–H and O–H groups in total. The van der Waals surface area contributed by atoms with E-state index < -0.39 is 0 Å². The zero-order valence-electron chi connectivity index (χ0n) is 17.8. The van der Waals surface area contributed by atoms with Crippen LogP contribution in [0.2, 0.25) is 0 Å². The molecule has 3 heterocycles. The van der Waals surface area contributed by atoms with Gasteiger partial charge in [-0.05, 0) is 51.4 Å². The Morgan fingerprint density at radius 2 is 1.76 bits per heavy atom. The van der Waals surface area contributed by atoms with Crippen LogP contribution >= 0.6 is 0 Å². The lowest BCUT2D eigenvalue weighted by Gasteiger charge is -2.16. The lowest BCUT2D eigenvalue weighted by molar-refractivity contribution is 0.616. The van der Waals surface area contributed by atoms with Gasteiger partial charge in [-0.15, -0.1) is 0 Å². The van der Waals surface area contributed by atoms with Crippen LogP contribution in [0.3, 0.4) is 0 Å². The molecule has 6 aromatic rings. The Morgan fingerprint density at radius 3 is 2.73 bits per heavy atom. The van der Waals surface area contributed by atoms with E-state index in [1.165, 1.54) is 38.7 Å². The van der Waals surface area contributed by atoms with E-state index >= 15 is 0 Å². The molecule has 33 heavy (non-hydrogen) atoms. The molecule has 0 spiro atoms. The summed E-state index contributed by atoms with van der Waals surface area (Å²) in [6, 6.07) is 26.0. The summed E-state index contributed by atoms with van der Waals surface area (Å²) in [5.74, 6) is 0.877. The second-order valence-electron chi connectivity index (χ2n) is 8.55. The van der Waals surface area contributed by atoms with Crippen molar-refractivity contribution in [3.8, 4) is 22.5 Å². The van der Waals surface area contributed by atoms with Gasteiger partial charge in [-0.2, -0.15) is 0 Å². The minimum atomic E-state index is 0.126. The third-order valence-corrected chi connectivity index (χ3v) is 6.62. The standard InChI is InChI=1S/C28H21N5/c1-2-5-20-19(4-1)26-21(27(20)31-15-17-8-9-18-10-13-30-24(18)14-17)6-3-7-22(26)28-32-23-11-12-29-16-25(23)33-28/h1-14,16,27,30-31H,15H2,(H,32,33)/t27-/m1/s1. The van der Waals surface area contributed by atoms with E-state index in [1.807, 2.05) is 18.5 Å². The summed E-state index contributed by atoms with van der Waals surface area (Å²) < 4.78 is 0. The molecule has 0 saturated heterocycles. The fraction of sp³-hybridized carbons (Fsp3) is 0.0714. The minimum absolute atomic E-state index is 0.126. The molecule has 0 radical (unpaired) electrons. The number of benzene rings is 3. The van der Waals surface area contributed by atoms with Crippen molar-refractivity contribution in [2.75, 3.05) is 0 Å². The van der Waals surface area contributed by atoms with Crippen LogP contribution in [0.1, 0.15) is 22.7 Å². The first kappa shape index (κ1) is 18.4. The van der Waals surface area contributed by atoms with Gasteiger partial charge in [0.15, 0.2) is 0 Å². The average Bonchev–Trinajstić information content (AvgIpc) is 3.57. The third-order valence-electron chi connectivity index (χ3n) is 6.62. The Bertz CT molecular complexity index is 1610. The lowest BCUT2D eigenvalue weighted by atomic mass is 9.98. The summed E-state index contributed by atoms with van der Waals surface area (Å²) in [5, 5.41) is 5.05. The van der Waals surface area contributed by atoms with Gasteiger partial charge in [0, 0.05) is 30.0 Å². The van der Waals surface area contributed by atoms with Gasteiger partial charge in [0.1, 0.15) is 5.82 Å². The largest absolute Gasteiger partial charge is 0.361 e. The number of fused-ring (bicyclic) bond motifs is 5. The molecular formula is C28H21N5. The summed E-state index contributed by atoms with van der Waals surface area (Å²) in [4.78, 5) is 15.9. The van der Waals surface area contributed by atoms with Crippen molar-refractivity contribution < 1.29 is 0 Å². The first-order valence-electron chi connectivity index (χ1n) is 11.2. The maximum absolute atomic E-state index is 4.86. The summed E-state index contributed by atoms with van der Waals surface area (Å²) in [7, 11) is 0. The van der Waals surface area contributed by atoms with E-state index in [4.69, 9.17) is 4.98 Å². The van der Waals surface area contributed by atoms with Crippen molar-refractivity contribution in [1.82, 2.24) is 25.3 Å². The van der Waals surface area contributed by atoms with Gasteiger partial charge < -0.3 is 15.3 Å².